The average Bonchev–Trinajstić information content (AvgIpc) is 2.72. The number of nitrogens with one attached hydrogen (secondary N) is 2. The Hall–Kier alpha value is -1.69. The molecule has 0 saturated heterocycles. The number of anilines is 1. The summed E-state index contributed by atoms with van der Waals surface area (Å²) in [5.74, 6) is 0.802. The van der Waals surface area contributed by atoms with Crippen molar-refractivity contribution in [3.8, 4) is 0 Å². The molecule has 2 heterocycles. The van der Waals surface area contributed by atoms with Crippen LogP contribution in [0.15, 0.2) is 17.8 Å². The summed E-state index contributed by atoms with van der Waals surface area (Å²) in [6, 6.07) is 1.96. The molecule has 0 bridgehead atoms. The first-order valence-electron chi connectivity index (χ1n) is 4.94. The van der Waals surface area contributed by atoms with Crippen molar-refractivity contribution < 1.29 is 4.79 Å². The lowest BCUT2D eigenvalue weighted by Gasteiger charge is -2.06. The molecule has 0 aliphatic carbocycles. The SMILES string of the molecule is CC(=O)NCCNc1ncnc2ccsc12. The first kappa shape index (κ1) is 10.8. The van der Waals surface area contributed by atoms with Crippen LogP contribution in [0.2, 0.25) is 0 Å². The van der Waals surface area contributed by atoms with E-state index in [4.69, 9.17) is 0 Å². The second-order valence-corrected chi connectivity index (χ2v) is 4.18. The minimum Gasteiger partial charge on any atom is -0.367 e. The first-order chi connectivity index (χ1) is 7.77. The molecular formula is C10H12N4OS. The monoisotopic (exact) mass is 236 g/mol. The Balaban J connectivity index is 1.98. The van der Waals surface area contributed by atoms with Crippen LogP contribution in [-0.2, 0) is 4.79 Å². The standard InChI is InChI=1S/C10H12N4OS/c1-7(15)11-3-4-12-10-9-8(2-5-16-9)13-6-14-10/h2,5-6H,3-4H2,1H3,(H,11,15)(H,12,13,14). The number of hydrogen-bond donors (Lipinski definition) is 2. The predicted octanol–water partition coefficient (Wildman–Crippen LogP) is 1.24. The van der Waals surface area contributed by atoms with E-state index >= 15 is 0 Å². The largest absolute Gasteiger partial charge is 0.367 e. The maximum absolute atomic E-state index is 10.7. The van der Waals surface area contributed by atoms with Gasteiger partial charge in [0.05, 0.1) is 10.2 Å². The second kappa shape index (κ2) is 4.89. The van der Waals surface area contributed by atoms with Crippen LogP contribution >= 0.6 is 11.3 Å². The van der Waals surface area contributed by atoms with E-state index in [2.05, 4.69) is 20.6 Å². The highest BCUT2D eigenvalue weighted by Crippen LogP contribution is 2.24. The lowest BCUT2D eigenvalue weighted by molar-refractivity contribution is -0.118. The average molecular weight is 236 g/mol. The van der Waals surface area contributed by atoms with Crippen LogP contribution in [0, 0.1) is 0 Å². The van der Waals surface area contributed by atoms with Gasteiger partial charge < -0.3 is 10.6 Å². The lowest BCUT2D eigenvalue weighted by atomic mass is 10.4. The van der Waals surface area contributed by atoms with Gasteiger partial charge >= 0.3 is 0 Å². The summed E-state index contributed by atoms with van der Waals surface area (Å²) in [5, 5.41) is 7.87. The zero-order chi connectivity index (χ0) is 11.4. The van der Waals surface area contributed by atoms with Gasteiger partial charge in [-0.3, -0.25) is 4.79 Å². The van der Waals surface area contributed by atoms with Crippen LogP contribution in [0.1, 0.15) is 6.92 Å². The summed E-state index contributed by atoms with van der Waals surface area (Å²) in [6.07, 6.45) is 1.54. The highest BCUT2D eigenvalue weighted by Gasteiger charge is 2.03. The number of carbonyl (C=O) groups is 1. The molecule has 0 atom stereocenters. The molecule has 2 N–H and O–H groups in total. The number of amides is 1. The van der Waals surface area contributed by atoms with Gasteiger partial charge in [0.15, 0.2) is 0 Å². The van der Waals surface area contributed by atoms with E-state index in [9.17, 15) is 4.79 Å². The predicted molar refractivity (Wildman–Crippen MR) is 64.6 cm³/mol. The van der Waals surface area contributed by atoms with Gasteiger partial charge in [-0.25, -0.2) is 9.97 Å². The lowest BCUT2D eigenvalue weighted by Crippen LogP contribution is -2.26. The topological polar surface area (TPSA) is 66.9 Å². The Kier molecular flexibility index (Phi) is 3.31. The van der Waals surface area contributed by atoms with E-state index in [0.717, 1.165) is 16.0 Å². The second-order valence-electron chi connectivity index (χ2n) is 3.27. The molecular weight excluding hydrogens is 224 g/mol. The number of thiophene rings is 1. The summed E-state index contributed by atoms with van der Waals surface area (Å²) >= 11 is 1.60. The van der Waals surface area contributed by atoms with Gasteiger partial charge in [-0.2, -0.15) is 0 Å². The van der Waals surface area contributed by atoms with Crippen molar-refractivity contribution in [2.24, 2.45) is 0 Å². The molecule has 0 aromatic carbocycles. The Morgan fingerprint density at radius 3 is 3.12 bits per heavy atom. The Morgan fingerprint density at radius 1 is 1.44 bits per heavy atom. The number of hydrogen-bond acceptors (Lipinski definition) is 5. The Labute approximate surface area is 96.9 Å². The molecule has 6 heteroatoms. The molecule has 0 spiro atoms. The van der Waals surface area contributed by atoms with Crippen LogP contribution in [0.5, 0.6) is 0 Å². The molecule has 0 unspecified atom stereocenters. The summed E-state index contributed by atoms with van der Waals surface area (Å²) < 4.78 is 1.05. The van der Waals surface area contributed by atoms with Crippen molar-refractivity contribution in [2.45, 2.75) is 6.92 Å². The van der Waals surface area contributed by atoms with Crippen molar-refractivity contribution in [3.05, 3.63) is 17.8 Å². The zero-order valence-electron chi connectivity index (χ0n) is 8.86. The summed E-state index contributed by atoms with van der Waals surface area (Å²) in [5.41, 5.74) is 0.946. The van der Waals surface area contributed by atoms with Crippen LogP contribution in [0.3, 0.4) is 0 Å². The summed E-state index contributed by atoms with van der Waals surface area (Å²) in [6.45, 7) is 2.75. The highest BCUT2D eigenvalue weighted by atomic mass is 32.1. The molecule has 5 nitrogen and oxygen atoms in total. The highest BCUT2D eigenvalue weighted by molar-refractivity contribution is 7.17. The number of nitrogens with zero attached hydrogens (tertiary/aromatic N) is 2. The molecule has 0 fully saturated rings. The smallest absolute Gasteiger partial charge is 0.216 e. The van der Waals surface area contributed by atoms with Gasteiger partial charge in [-0.05, 0) is 11.4 Å². The van der Waals surface area contributed by atoms with Crippen LogP contribution in [-0.4, -0.2) is 29.0 Å². The van der Waals surface area contributed by atoms with E-state index in [1.165, 1.54) is 13.3 Å². The van der Waals surface area contributed by atoms with Crippen molar-refractivity contribution in [1.29, 1.82) is 0 Å². The van der Waals surface area contributed by atoms with E-state index in [1.54, 1.807) is 11.3 Å². The van der Waals surface area contributed by atoms with Crippen molar-refractivity contribution >= 4 is 33.3 Å². The zero-order valence-corrected chi connectivity index (χ0v) is 9.67. The van der Waals surface area contributed by atoms with Crippen LogP contribution in [0.4, 0.5) is 5.82 Å². The van der Waals surface area contributed by atoms with E-state index in [0.29, 0.717) is 13.1 Å². The van der Waals surface area contributed by atoms with Crippen LogP contribution < -0.4 is 10.6 Å². The fraction of sp³-hybridized carbons (Fsp3) is 0.300. The Bertz CT molecular complexity index is 496. The van der Waals surface area contributed by atoms with Crippen molar-refractivity contribution in [1.82, 2.24) is 15.3 Å². The molecule has 0 radical (unpaired) electrons. The number of carbonyl (C=O) groups excluding carboxylic acids is 1. The van der Waals surface area contributed by atoms with Gasteiger partial charge in [0, 0.05) is 20.0 Å². The summed E-state index contributed by atoms with van der Waals surface area (Å²) in [4.78, 5) is 19.0. The van der Waals surface area contributed by atoms with E-state index in [-0.39, 0.29) is 5.91 Å². The first-order valence-corrected chi connectivity index (χ1v) is 5.82. The quantitative estimate of drug-likeness (QED) is 0.784. The molecule has 16 heavy (non-hydrogen) atoms. The van der Waals surface area contributed by atoms with Crippen LogP contribution in [0.25, 0.3) is 10.2 Å². The molecule has 1 amide bonds. The van der Waals surface area contributed by atoms with E-state index in [1.807, 2.05) is 11.4 Å². The molecule has 84 valence electrons. The number of aromatic nitrogens is 2. The third-order valence-electron chi connectivity index (χ3n) is 2.03. The molecule has 2 aromatic heterocycles. The molecule has 0 saturated carbocycles. The number of rotatable bonds is 4. The maximum Gasteiger partial charge on any atom is 0.216 e. The van der Waals surface area contributed by atoms with Crippen molar-refractivity contribution in [2.75, 3.05) is 18.4 Å². The third-order valence-corrected chi connectivity index (χ3v) is 2.94. The van der Waals surface area contributed by atoms with Gasteiger partial charge in [-0.1, -0.05) is 0 Å². The molecule has 0 aliphatic heterocycles. The Morgan fingerprint density at radius 2 is 2.31 bits per heavy atom. The maximum atomic E-state index is 10.7. The van der Waals surface area contributed by atoms with E-state index < -0.39 is 0 Å². The molecule has 0 aliphatic rings. The van der Waals surface area contributed by atoms with Gasteiger partial charge in [0.1, 0.15) is 12.1 Å². The molecule has 2 aromatic rings. The van der Waals surface area contributed by atoms with Gasteiger partial charge in [0.25, 0.3) is 0 Å². The molecule has 2 rings (SSSR count). The minimum absolute atomic E-state index is 0.0224. The normalized spacial score (nSPS) is 10.3. The van der Waals surface area contributed by atoms with Gasteiger partial charge in [-0.15, -0.1) is 11.3 Å². The third kappa shape index (κ3) is 2.46. The van der Waals surface area contributed by atoms with Crippen molar-refractivity contribution in [3.63, 3.8) is 0 Å². The fourth-order valence-corrected chi connectivity index (χ4v) is 2.15. The minimum atomic E-state index is -0.0224. The fourth-order valence-electron chi connectivity index (χ4n) is 1.33. The van der Waals surface area contributed by atoms with Gasteiger partial charge in [0.2, 0.25) is 5.91 Å². The summed E-state index contributed by atoms with van der Waals surface area (Å²) in [7, 11) is 0. The number of fused-ring (bicyclic) bond motifs is 1.